The third-order valence-corrected chi connectivity index (χ3v) is 6.50. The molecule has 0 spiro atoms. The molecule has 2 aliphatic rings. The minimum absolute atomic E-state index is 0.0148. The minimum Gasteiger partial charge on any atom is -0.392 e. The van der Waals surface area contributed by atoms with Gasteiger partial charge in [-0.15, -0.1) is 0 Å². The summed E-state index contributed by atoms with van der Waals surface area (Å²) in [6.45, 7) is -0.143. The van der Waals surface area contributed by atoms with Crippen LogP contribution in [0.3, 0.4) is 0 Å². The molecule has 8 heteroatoms. The van der Waals surface area contributed by atoms with Gasteiger partial charge in [0.1, 0.15) is 0 Å². The van der Waals surface area contributed by atoms with Gasteiger partial charge >= 0.3 is 6.18 Å². The maximum atomic E-state index is 13.2. The van der Waals surface area contributed by atoms with E-state index in [4.69, 9.17) is 0 Å². The number of hydrogen-bond donors (Lipinski definition) is 1. The van der Waals surface area contributed by atoms with E-state index in [0.717, 1.165) is 10.4 Å². The number of alkyl halides is 3. The molecule has 22 heavy (non-hydrogen) atoms. The van der Waals surface area contributed by atoms with E-state index in [1.807, 2.05) is 0 Å². The molecule has 0 bridgehead atoms. The molecule has 1 N–H and O–H groups in total. The van der Waals surface area contributed by atoms with Gasteiger partial charge in [-0.05, 0) is 30.9 Å². The molecule has 1 aliphatic heterocycles. The molecule has 1 aromatic carbocycles. The number of rotatable bonds is 3. The molecule has 1 aromatic rings. The monoisotopic (exact) mass is 335 g/mol. The van der Waals surface area contributed by atoms with Crippen molar-refractivity contribution in [2.45, 2.75) is 42.8 Å². The first-order chi connectivity index (χ1) is 10.2. The van der Waals surface area contributed by atoms with Crippen LogP contribution in [0.1, 0.15) is 36.4 Å². The Balaban J connectivity index is 2.03. The van der Waals surface area contributed by atoms with Gasteiger partial charge in [-0.2, -0.15) is 17.5 Å². The van der Waals surface area contributed by atoms with Crippen molar-refractivity contribution in [3.63, 3.8) is 0 Å². The van der Waals surface area contributed by atoms with E-state index < -0.39 is 39.2 Å². The van der Waals surface area contributed by atoms with E-state index in [2.05, 4.69) is 0 Å². The topological polar surface area (TPSA) is 57.6 Å². The fourth-order valence-electron chi connectivity index (χ4n) is 2.95. The Bertz CT molecular complexity index is 670. The fourth-order valence-corrected chi connectivity index (χ4v) is 5.00. The first-order valence-corrected chi connectivity index (χ1v) is 8.56. The van der Waals surface area contributed by atoms with Crippen molar-refractivity contribution in [3.05, 3.63) is 35.4 Å². The fraction of sp³-hybridized carbons (Fsp3) is 0.571. The van der Waals surface area contributed by atoms with Crippen LogP contribution in [0.15, 0.2) is 24.3 Å². The van der Waals surface area contributed by atoms with E-state index in [9.17, 15) is 26.7 Å². The van der Waals surface area contributed by atoms with Crippen LogP contribution in [0.2, 0.25) is 0 Å². The summed E-state index contributed by atoms with van der Waals surface area (Å²) in [5.74, 6) is 0. The number of halogens is 3. The zero-order valence-electron chi connectivity index (χ0n) is 11.6. The molecule has 0 amide bonds. The van der Waals surface area contributed by atoms with Crippen molar-refractivity contribution < 1.29 is 26.7 Å². The van der Waals surface area contributed by atoms with Gasteiger partial charge in [-0.25, -0.2) is 8.42 Å². The number of hydrogen-bond acceptors (Lipinski definition) is 3. The molecule has 0 radical (unpaired) electrons. The SMILES string of the molecule is O=S(=O)(C1CC1)N1C[C@H](O)C[C@@H]1c1ccccc1C(F)(F)F. The first kappa shape index (κ1) is 15.8. The van der Waals surface area contributed by atoms with Crippen molar-refractivity contribution in [1.82, 2.24) is 4.31 Å². The normalized spacial score (nSPS) is 27.3. The Hall–Kier alpha value is -1.12. The molecular formula is C14H16F3NO3S. The van der Waals surface area contributed by atoms with Crippen LogP contribution in [0.5, 0.6) is 0 Å². The smallest absolute Gasteiger partial charge is 0.392 e. The Labute approximate surface area is 126 Å². The summed E-state index contributed by atoms with van der Waals surface area (Å²) < 4.78 is 65.4. The highest BCUT2D eigenvalue weighted by Crippen LogP contribution is 2.44. The summed E-state index contributed by atoms with van der Waals surface area (Å²) in [4.78, 5) is 0. The van der Waals surface area contributed by atoms with Gasteiger partial charge in [0.25, 0.3) is 0 Å². The van der Waals surface area contributed by atoms with Crippen molar-refractivity contribution in [1.29, 1.82) is 0 Å². The molecule has 1 saturated heterocycles. The second-order valence-corrected chi connectivity index (χ2v) is 7.97. The lowest BCUT2D eigenvalue weighted by molar-refractivity contribution is -0.138. The van der Waals surface area contributed by atoms with E-state index in [1.54, 1.807) is 0 Å². The van der Waals surface area contributed by atoms with Crippen LogP contribution in [-0.2, 0) is 16.2 Å². The van der Waals surface area contributed by atoms with Gasteiger partial charge in [0.15, 0.2) is 0 Å². The Morgan fingerprint density at radius 1 is 1.18 bits per heavy atom. The van der Waals surface area contributed by atoms with Gasteiger partial charge < -0.3 is 5.11 Å². The number of β-amino-alcohol motifs (C(OH)–C–C–N with tert-alkyl or cyclic N) is 1. The summed E-state index contributed by atoms with van der Waals surface area (Å²) in [7, 11) is -3.65. The predicted octanol–water partition coefficient (Wildman–Crippen LogP) is 2.31. The van der Waals surface area contributed by atoms with E-state index in [1.165, 1.54) is 18.2 Å². The molecule has 1 aliphatic carbocycles. The van der Waals surface area contributed by atoms with Crippen LogP contribution in [0.25, 0.3) is 0 Å². The Kier molecular flexibility index (Phi) is 3.73. The Morgan fingerprint density at radius 2 is 1.82 bits per heavy atom. The summed E-state index contributed by atoms with van der Waals surface area (Å²) >= 11 is 0. The number of benzene rings is 1. The number of sulfonamides is 1. The molecular weight excluding hydrogens is 319 g/mol. The maximum absolute atomic E-state index is 13.2. The number of aliphatic hydroxyl groups excluding tert-OH is 1. The third-order valence-electron chi connectivity index (χ3n) is 4.13. The number of aliphatic hydroxyl groups is 1. The van der Waals surface area contributed by atoms with Gasteiger partial charge in [-0.3, -0.25) is 0 Å². The average molecular weight is 335 g/mol. The highest BCUT2D eigenvalue weighted by Gasteiger charge is 2.48. The summed E-state index contributed by atoms with van der Waals surface area (Å²) in [5, 5.41) is 9.29. The highest BCUT2D eigenvalue weighted by molar-refractivity contribution is 7.90. The zero-order valence-corrected chi connectivity index (χ0v) is 12.4. The molecule has 122 valence electrons. The highest BCUT2D eigenvalue weighted by atomic mass is 32.2. The van der Waals surface area contributed by atoms with Gasteiger partial charge in [-0.1, -0.05) is 18.2 Å². The van der Waals surface area contributed by atoms with Crippen LogP contribution in [0.4, 0.5) is 13.2 Å². The predicted molar refractivity (Wildman–Crippen MR) is 73.5 cm³/mol. The zero-order chi connectivity index (χ0) is 16.1. The lowest BCUT2D eigenvalue weighted by Crippen LogP contribution is -2.35. The van der Waals surface area contributed by atoms with Gasteiger partial charge in [0.05, 0.1) is 23.0 Å². The molecule has 2 atom stereocenters. The largest absolute Gasteiger partial charge is 0.416 e. The lowest BCUT2D eigenvalue weighted by atomic mass is 9.98. The van der Waals surface area contributed by atoms with Gasteiger partial charge in [0, 0.05) is 6.54 Å². The lowest BCUT2D eigenvalue weighted by Gasteiger charge is -2.26. The number of nitrogens with zero attached hydrogens (tertiary/aromatic N) is 1. The first-order valence-electron chi connectivity index (χ1n) is 7.06. The molecule has 1 saturated carbocycles. The van der Waals surface area contributed by atoms with Crippen LogP contribution in [-0.4, -0.2) is 35.7 Å². The Morgan fingerprint density at radius 3 is 2.41 bits per heavy atom. The van der Waals surface area contributed by atoms with E-state index in [0.29, 0.717) is 12.8 Å². The van der Waals surface area contributed by atoms with Crippen molar-refractivity contribution in [3.8, 4) is 0 Å². The molecule has 4 nitrogen and oxygen atoms in total. The summed E-state index contributed by atoms with van der Waals surface area (Å²) in [5.41, 5.74) is -0.930. The summed E-state index contributed by atoms with van der Waals surface area (Å²) in [6.07, 6.45) is -4.46. The van der Waals surface area contributed by atoms with Crippen LogP contribution >= 0.6 is 0 Å². The van der Waals surface area contributed by atoms with E-state index in [-0.39, 0.29) is 18.5 Å². The second kappa shape index (κ2) is 5.21. The maximum Gasteiger partial charge on any atom is 0.416 e. The molecule has 3 rings (SSSR count). The molecule has 2 fully saturated rings. The van der Waals surface area contributed by atoms with Crippen LogP contribution < -0.4 is 0 Å². The average Bonchev–Trinajstić information content (AvgIpc) is 3.21. The minimum atomic E-state index is -4.56. The molecule has 1 heterocycles. The molecule has 0 aromatic heterocycles. The quantitative estimate of drug-likeness (QED) is 0.922. The summed E-state index contributed by atoms with van der Waals surface area (Å²) in [6, 6.07) is 4.01. The van der Waals surface area contributed by atoms with Crippen molar-refractivity contribution in [2.75, 3.05) is 6.54 Å². The van der Waals surface area contributed by atoms with Crippen molar-refractivity contribution in [2.24, 2.45) is 0 Å². The van der Waals surface area contributed by atoms with Crippen molar-refractivity contribution >= 4 is 10.0 Å². The standard InChI is InChI=1S/C14H16F3NO3S/c15-14(16,17)12-4-2-1-3-11(12)13-7-9(19)8-18(13)22(20,21)10-5-6-10/h1-4,9-10,13,19H,5-8H2/t9-,13-/m1/s1. The van der Waals surface area contributed by atoms with Gasteiger partial charge in [0.2, 0.25) is 10.0 Å². The third kappa shape index (κ3) is 2.75. The molecule has 0 unspecified atom stereocenters. The van der Waals surface area contributed by atoms with Crippen LogP contribution in [0, 0.1) is 0 Å². The second-order valence-electron chi connectivity index (χ2n) is 5.80. The van der Waals surface area contributed by atoms with E-state index >= 15 is 0 Å².